The molecule has 2 saturated heterocycles. The summed E-state index contributed by atoms with van der Waals surface area (Å²) in [5, 5.41) is 8.40. The average molecular weight is 619 g/mol. The highest BCUT2D eigenvalue weighted by Gasteiger charge is 2.45. The van der Waals surface area contributed by atoms with E-state index in [1.165, 1.54) is 0 Å². The number of hydrogen-bond donors (Lipinski definition) is 1. The Morgan fingerprint density at radius 2 is 1.65 bits per heavy atom. The zero-order valence-corrected chi connectivity index (χ0v) is 23.7. The van der Waals surface area contributed by atoms with Gasteiger partial charge in [-0.15, -0.1) is 0 Å². The van der Waals surface area contributed by atoms with Gasteiger partial charge in [0.2, 0.25) is 11.9 Å². The van der Waals surface area contributed by atoms with Gasteiger partial charge in [-0.2, -0.15) is 36.5 Å². The van der Waals surface area contributed by atoms with Gasteiger partial charge in [0.1, 0.15) is 5.39 Å². The van der Waals surface area contributed by atoms with Gasteiger partial charge in [0.05, 0.1) is 55.5 Å². The molecule has 0 spiro atoms. The minimum absolute atomic E-state index is 0.0165. The van der Waals surface area contributed by atoms with Crippen molar-refractivity contribution in [3.63, 3.8) is 0 Å². The van der Waals surface area contributed by atoms with Crippen LogP contribution < -0.4 is 10.5 Å². The molecule has 0 radical (unpaired) electrons. The molecular formula is C26H32F6N8O3. The normalized spacial score (nSPS) is 18.7. The van der Waals surface area contributed by atoms with Crippen LogP contribution in [0.1, 0.15) is 51.3 Å². The Balaban J connectivity index is 0.000000996. The molecule has 1 amide bonds. The second-order valence-corrected chi connectivity index (χ2v) is 10.9. The quantitative estimate of drug-likeness (QED) is 0.313. The third-order valence-corrected chi connectivity index (χ3v) is 6.87. The van der Waals surface area contributed by atoms with E-state index in [1.54, 1.807) is 4.90 Å². The van der Waals surface area contributed by atoms with Crippen molar-refractivity contribution in [1.29, 1.82) is 0 Å². The van der Waals surface area contributed by atoms with E-state index in [2.05, 4.69) is 40.9 Å². The highest BCUT2D eigenvalue weighted by molar-refractivity contribution is 5.80. The molecule has 2 fully saturated rings. The van der Waals surface area contributed by atoms with Gasteiger partial charge in [0.25, 0.3) is 5.56 Å². The van der Waals surface area contributed by atoms with E-state index in [9.17, 15) is 35.9 Å². The first kappa shape index (κ1) is 32.2. The molecule has 236 valence electrons. The van der Waals surface area contributed by atoms with E-state index < -0.39 is 34.6 Å². The summed E-state index contributed by atoms with van der Waals surface area (Å²) in [7, 11) is 0. The molecule has 2 unspecified atom stereocenters. The van der Waals surface area contributed by atoms with Crippen molar-refractivity contribution < 1.29 is 35.9 Å². The van der Waals surface area contributed by atoms with E-state index in [4.69, 9.17) is 4.74 Å². The van der Waals surface area contributed by atoms with E-state index in [0.717, 1.165) is 29.2 Å². The highest BCUT2D eigenvalue weighted by Crippen LogP contribution is 2.35. The maximum absolute atomic E-state index is 13.3. The molecule has 0 saturated carbocycles. The lowest BCUT2D eigenvalue weighted by molar-refractivity contribution is -0.140. The molecule has 17 heteroatoms. The number of ether oxygens (including phenoxy) is 1. The van der Waals surface area contributed by atoms with Crippen LogP contribution in [-0.4, -0.2) is 79.1 Å². The van der Waals surface area contributed by atoms with Gasteiger partial charge in [-0.1, -0.05) is 20.8 Å². The summed E-state index contributed by atoms with van der Waals surface area (Å²) in [6.45, 7) is 7.33. The number of anilines is 1. The van der Waals surface area contributed by atoms with Crippen molar-refractivity contribution in [1.82, 2.24) is 34.8 Å². The van der Waals surface area contributed by atoms with Crippen LogP contribution in [-0.2, 0) is 28.4 Å². The smallest absolute Gasteiger partial charge is 0.379 e. The molecule has 43 heavy (non-hydrogen) atoms. The summed E-state index contributed by atoms with van der Waals surface area (Å²) in [6.07, 6.45) is -5.52. The van der Waals surface area contributed by atoms with Gasteiger partial charge in [0.15, 0.2) is 5.69 Å². The molecule has 5 rings (SSSR count). The zero-order valence-electron chi connectivity index (χ0n) is 23.7. The van der Waals surface area contributed by atoms with Gasteiger partial charge >= 0.3 is 12.4 Å². The minimum atomic E-state index is -4.83. The number of rotatable bonds is 7. The van der Waals surface area contributed by atoms with Crippen LogP contribution >= 0.6 is 0 Å². The minimum Gasteiger partial charge on any atom is -0.379 e. The maximum atomic E-state index is 13.3. The van der Waals surface area contributed by atoms with Crippen molar-refractivity contribution in [2.75, 3.05) is 31.2 Å². The number of aromatic amines is 1. The summed E-state index contributed by atoms with van der Waals surface area (Å²) in [5.74, 6) is 0.850. The van der Waals surface area contributed by atoms with Crippen molar-refractivity contribution in [3.05, 3.63) is 40.2 Å². The van der Waals surface area contributed by atoms with E-state index in [-0.39, 0.29) is 55.6 Å². The van der Waals surface area contributed by atoms with Crippen LogP contribution in [0, 0.1) is 5.92 Å². The predicted molar refractivity (Wildman–Crippen MR) is 142 cm³/mol. The molecular weight excluding hydrogens is 586 g/mol. The SMILES string of the molecule is CC(C)C.O=C(CCOCCn1nc(C(F)(F)F)c2c(=O)[nH]ncc21)N1CCC2C1CCN2c1ncc(C(F)(F)F)cn1. The monoisotopic (exact) mass is 618 g/mol. The van der Waals surface area contributed by atoms with Crippen molar-refractivity contribution in [2.24, 2.45) is 5.92 Å². The number of halogens is 6. The first-order chi connectivity index (χ1) is 20.2. The second kappa shape index (κ2) is 12.9. The molecule has 5 heterocycles. The van der Waals surface area contributed by atoms with Crippen molar-refractivity contribution in [3.8, 4) is 0 Å². The highest BCUT2D eigenvalue weighted by atomic mass is 19.4. The summed E-state index contributed by atoms with van der Waals surface area (Å²) in [5.41, 5.74) is -3.34. The van der Waals surface area contributed by atoms with Crippen LogP contribution in [0.4, 0.5) is 32.3 Å². The van der Waals surface area contributed by atoms with Crippen LogP contribution in [0.15, 0.2) is 23.4 Å². The van der Waals surface area contributed by atoms with Crippen LogP contribution in [0.5, 0.6) is 0 Å². The summed E-state index contributed by atoms with van der Waals surface area (Å²) in [6, 6.07) is -0.246. The largest absolute Gasteiger partial charge is 0.435 e. The number of hydrogen-bond acceptors (Lipinski definition) is 8. The number of aromatic nitrogens is 6. The first-order valence-electron chi connectivity index (χ1n) is 13.7. The average Bonchev–Trinajstić information content (AvgIpc) is 3.62. The molecule has 2 aliphatic rings. The van der Waals surface area contributed by atoms with Crippen LogP contribution in [0.2, 0.25) is 0 Å². The number of carbonyl (C=O) groups is 1. The molecule has 0 bridgehead atoms. The van der Waals surface area contributed by atoms with Crippen molar-refractivity contribution >= 4 is 22.8 Å². The van der Waals surface area contributed by atoms with Crippen LogP contribution in [0.3, 0.4) is 0 Å². The molecule has 3 aromatic heterocycles. The Labute approximate surface area is 242 Å². The number of alkyl halides is 6. The van der Waals surface area contributed by atoms with E-state index in [1.807, 2.05) is 10.00 Å². The summed E-state index contributed by atoms with van der Waals surface area (Å²) in [4.78, 5) is 36.0. The number of nitrogens with zero attached hydrogens (tertiary/aromatic N) is 7. The van der Waals surface area contributed by atoms with Crippen molar-refractivity contribution in [2.45, 2.75) is 71.0 Å². The number of fused-ring (bicyclic) bond motifs is 2. The lowest BCUT2D eigenvalue weighted by Crippen LogP contribution is -2.40. The van der Waals surface area contributed by atoms with E-state index in [0.29, 0.717) is 25.9 Å². The Hall–Kier alpha value is -3.76. The lowest BCUT2D eigenvalue weighted by atomic mass is 10.1. The molecule has 0 aromatic carbocycles. The number of likely N-dealkylation sites (tertiary alicyclic amines) is 1. The zero-order chi connectivity index (χ0) is 31.5. The fourth-order valence-electron chi connectivity index (χ4n) is 5.12. The molecule has 2 aliphatic heterocycles. The third-order valence-electron chi connectivity index (χ3n) is 6.87. The summed E-state index contributed by atoms with van der Waals surface area (Å²) >= 11 is 0. The number of nitrogens with one attached hydrogen (secondary N) is 1. The topological polar surface area (TPSA) is 122 Å². The van der Waals surface area contributed by atoms with Crippen LogP contribution in [0.25, 0.3) is 10.9 Å². The second-order valence-electron chi connectivity index (χ2n) is 10.9. The molecule has 11 nitrogen and oxygen atoms in total. The van der Waals surface area contributed by atoms with Gasteiger partial charge < -0.3 is 14.5 Å². The standard InChI is InChI=1S/C22H22F6N8O3.C4H10/c23-21(24,25)12-9-29-20(30-10-12)35-5-2-13-14(35)1-4-34(13)16(37)3-7-39-8-6-36-15-11-31-32-19(38)17(15)18(33-36)22(26,27)28;1-4(2)3/h9-11,13-14H,1-8H2,(H,32,38);4H,1-3H3. The third kappa shape index (κ3) is 7.43. The number of H-pyrrole nitrogens is 1. The lowest BCUT2D eigenvalue weighted by Gasteiger charge is -2.25. The molecule has 1 N–H and O–H groups in total. The Bertz CT molecular complexity index is 1450. The molecule has 3 aromatic rings. The Kier molecular flexibility index (Phi) is 9.61. The molecule has 2 atom stereocenters. The van der Waals surface area contributed by atoms with Gasteiger partial charge in [-0.3, -0.25) is 14.3 Å². The fourth-order valence-corrected chi connectivity index (χ4v) is 5.12. The molecule has 0 aliphatic carbocycles. The Morgan fingerprint density at radius 3 is 2.28 bits per heavy atom. The number of carbonyl (C=O) groups excluding carboxylic acids is 1. The predicted octanol–water partition coefficient (Wildman–Crippen LogP) is 3.90. The summed E-state index contributed by atoms with van der Waals surface area (Å²) < 4.78 is 84.7. The van der Waals surface area contributed by atoms with Gasteiger partial charge in [-0.05, 0) is 18.8 Å². The fraction of sp³-hybridized carbons (Fsp3) is 0.615. The first-order valence-corrected chi connectivity index (χ1v) is 13.7. The maximum Gasteiger partial charge on any atom is 0.435 e. The van der Waals surface area contributed by atoms with Gasteiger partial charge in [-0.25, -0.2) is 15.1 Å². The van der Waals surface area contributed by atoms with Gasteiger partial charge in [0, 0.05) is 25.5 Å². The van der Waals surface area contributed by atoms with E-state index >= 15 is 0 Å². The Morgan fingerprint density at radius 1 is 1.00 bits per heavy atom. The number of amides is 1.